The Morgan fingerprint density at radius 1 is 0.781 bits per heavy atom. The lowest BCUT2D eigenvalue weighted by atomic mass is 10.1. The summed E-state index contributed by atoms with van der Waals surface area (Å²) in [5.41, 5.74) is 2.24. The number of hydrogen-bond donors (Lipinski definition) is 1. The first-order valence-electron chi connectivity index (χ1n) is 9.51. The minimum absolute atomic E-state index is 0.142. The van der Waals surface area contributed by atoms with Crippen molar-refractivity contribution in [1.29, 1.82) is 0 Å². The van der Waals surface area contributed by atoms with Gasteiger partial charge in [-0.05, 0) is 24.3 Å². The zero-order valence-electron chi connectivity index (χ0n) is 16.7. The minimum atomic E-state index is -1.55. The van der Waals surface area contributed by atoms with Crippen molar-refractivity contribution in [3.63, 3.8) is 0 Å². The second kappa shape index (κ2) is 11.0. The summed E-state index contributed by atoms with van der Waals surface area (Å²) < 4.78 is 5.02. The van der Waals surface area contributed by atoms with E-state index in [2.05, 4.69) is 4.98 Å². The van der Waals surface area contributed by atoms with E-state index in [-0.39, 0.29) is 11.5 Å². The second-order valence-electron chi connectivity index (χ2n) is 6.29. The molecular weight excluding hydrogens is 412 g/mol. The van der Waals surface area contributed by atoms with Crippen molar-refractivity contribution in [3.8, 4) is 5.75 Å². The predicted molar refractivity (Wildman–Crippen MR) is 116 cm³/mol. The Kier molecular flexibility index (Phi) is 7.58. The Labute approximate surface area is 183 Å². The zero-order chi connectivity index (χ0) is 22.8. The van der Waals surface area contributed by atoms with Crippen molar-refractivity contribution in [2.45, 2.75) is 6.10 Å². The number of epoxide rings is 1. The van der Waals surface area contributed by atoms with Crippen molar-refractivity contribution in [2.24, 2.45) is 0 Å². The zero-order valence-corrected chi connectivity index (χ0v) is 16.7. The average Bonchev–Trinajstić information content (AvgIpc) is 3.58. The maximum atomic E-state index is 12.1. The fourth-order valence-corrected chi connectivity index (χ4v) is 2.38. The molecule has 32 heavy (non-hydrogen) atoms. The van der Waals surface area contributed by atoms with Gasteiger partial charge in [0.05, 0.1) is 0 Å². The standard InChI is InChI=1S/C24H18N2O6/c27-20-21(28)23-19(31-23)14-11-9-7-5-3-1-2-4-6-8-10-13-17-18(15-12-16-25-17)32-26-24(30)22(20)29/h1-16,23H,(H,26,30). The summed E-state index contributed by atoms with van der Waals surface area (Å²) in [7, 11) is 0. The van der Waals surface area contributed by atoms with Crippen LogP contribution in [0.4, 0.5) is 0 Å². The number of pyridine rings is 1. The molecule has 3 heterocycles. The number of carbonyl (C=O) groups is 4. The topological polar surface area (TPSA) is 115 Å². The van der Waals surface area contributed by atoms with E-state index in [1.54, 1.807) is 48.6 Å². The predicted octanol–water partition coefficient (Wildman–Crippen LogP) is 2.29. The Morgan fingerprint density at radius 2 is 1.41 bits per heavy atom. The molecule has 1 atom stereocenters. The summed E-state index contributed by atoms with van der Waals surface area (Å²) in [6.45, 7) is 0. The van der Waals surface area contributed by atoms with Crippen molar-refractivity contribution in [1.82, 2.24) is 10.5 Å². The Morgan fingerprint density at radius 3 is 2.09 bits per heavy atom. The van der Waals surface area contributed by atoms with Crippen LogP contribution in [0, 0.1) is 0 Å². The van der Waals surface area contributed by atoms with Crippen molar-refractivity contribution in [2.75, 3.05) is 0 Å². The molecule has 0 saturated carbocycles. The summed E-state index contributed by atoms with van der Waals surface area (Å²) in [6.07, 6.45) is 23.0. The molecule has 1 aromatic heterocycles. The van der Waals surface area contributed by atoms with Gasteiger partial charge in [0.2, 0.25) is 6.10 Å². The fourth-order valence-electron chi connectivity index (χ4n) is 2.38. The van der Waals surface area contributed by atoms with Crippen molar-refractivity contribution < 1.29 is 28.8 Å². The number of allylic oxidation sites excluding steroid dienone is 12. The number of hydrogen-bond acceptors (Lipinski definition) is 7. The van der Waals surface area contributed by atoms with E-state index in [0.29, 0.717) is 5.69 Å². The van der Waals surface area contributed by atoms with Crippen LogP contribution >= 0.6 is 0 Å². The van der Waals surface area contributed by atoms with Crippen LogP contribution in [0.5, 0.6) is 5.75 Å². The monoisotopic (exact) mass is 430 g/mol. The number of Topliss-reactive ketones (excluding diaryl/α,β-unsaturated/α-hetero) is 3. The third-order valence-electron chi connectivity index (χ3n) is 4.01. The number of fused-ring (bicyclic) bond motifs is 2. The largest absolute Gasteiger partial charge is 0.474 e. The van der Waals surface area contributed by atoms with Gasteiger partial charge < -0.3 is 9.57 Å². The fraction of sp³-hybridized carbons (Fsp3) is 0.0417. The quantitative estimate of drug-likeness (QED) is 0.496. The number of aromatic nitrogens is 1. The number of ketones is 3. The molecule has 1 amide bonds. The molecule has 0 radical (unpaired) electrons. The van der Waals surface area contributed by atoms with Gasteiger partial charge in [0, 0.05) is 6.20 Å². The van der Waals surface area contributed by atoms with Gasteiger partial charge in [-0.3, -0.25) is 24.2 Å². The van der Waals surface area contributed by atoms with E-state index in [1.165, 1.54) is 18.3 Å². The smallest absolute Gasteiger partial charge is 0.328 e. The van der Waals surface area contributed by atoms with Gasteiger partial charge in [-0.25, -0.2) is 0 Å². The molecule has 8 nitrogen and oxygen atoms in total. The van der Waals surface area contributed by atoms with Crippen LogP contribution in [0.2, 0.25) is 0 Å². The molecule has 1 saturated heterocycles. The second-order valence-corrected chi connectivity index (χ2v) is 6.29. The lowest BCUT2D eigenvalue weighted by molar-refractivity contribution is -0.151. The average molecular weight is 430 g/mol. The molecule has 1 aromatic rings. The molecule has 1 N–H and O–H groups in total. The third kappa shape index (κ3) is 6.20. The molecule has 0 spiro atoms. The number of hydroxylamine groups is 1. The molecule has 8 heteroatoms. The molecule has 0 bridgehead atoms. The van der Waals surface area contributed by atoms with Gasteiger partial charge in [0.25, 0.3) is 17.3 Å². The van der Waals surface area contributed by atoms with Crippen LogP contribution < -0.4 is 10.3 Å². The van der Waals surface area contributed by atoms with Crippen LogP contribution in [-0.2, 0) is 23.9 Å². The Balaban J connectivity index is 1.79. The molecule has 1 fully saturated rings. The van der Waals surface area contributed by atoms with Crippen LogP contribution in [-0.4, -0.2) is 34.3 Å². The van der Waals surface area contributed by atoms with Crippen LogP contribution in [0.1, 0.15) is 5.69 Å². The summed E-state index contributed by atoms with van der Waals surface area (Å²) >= 11 is 0. The van der Waals surface area contributed by atoms with E-state index in [4.69, 9.17) is 9.57 Å². The number of nitrogens with one attached hydrogen (secondary N) is 1. The van der Waals surface area contributed by atoms with Crippen molar-refractivity contribution >= 4 is 29.3 Å². The number of amides is 1. The van der Waals surface area contributed by atoms with Crippen LogP contribution in [0.25, 0.3) is 6.08 Å². The summed E-state index contributed by atoms with van der Waals surface area (Å²) in [5.74, 6) is -5.17. The lowest BCUT2D eigenvalue weighted by Gasteiger charge is -2.07. The van der Waals surface area contributed by atoms with Gasteiger partial charge in [-0.15, -0.1) is 0 Å². The number of ether oxygens (including phenoxy) is 1. The molecule has 0 aromatic carbocycles. The maximum Gasteiger partial charge on any atom is 0.328 e. The molecule has 1 unspecified atom stereocenters. The van der Waals surface area contributed by atoms with Crippen LogP contribution in [0.15, 0.2) is 97.0 Å². The van der Waals surface area contributed by atoms with E-state index >= 15 is 0 Å². The van der Waals surface area contributed by atoms with E-state index in [9.17, 15) is 19.2 Å². The van der Waals surface area contributed by atoms with E-state index in [1.807, 2.05) is 35.9 Å². The highest BCUT2D eigenvalue weighted by Crippen LogP contribution is 2.28. The highest BCUT2D eigenvalue weighted by Gasteiger charge is 2.46. The third-order valence-corrected chi connectivity index (χ3v) is 4.01. The van der Waals surface area contributed by atoms with Gasteiger partial charge in [-0.2, -0.15) is 5.48 Å². The minimum Gasteiger partial charge on any atom is -0.474 e. The van der Waals surface area contributed by atoms with Gasteiger partial charge in [0.1, 0.15) is 11.5 Å². The number of nitrogens with zero attached hydrogens (tertiary/aromatic N) is 1. The number of carbonyl (C=O) groups excluding carboxylic acids is 4. The Bertz CT molecular complexity index is 1130. The van der Waals surface area contributed by atoms with E-state index in [0.717, 1.165) is 0 Å². The Hall–Kier alpha value is -4.59. The highest BCUT2D eigenvalue weighted by atomic mass is 16.7. The first kappa shape index (κ1) is 22.1. The first-order valence-corrected chi connectivity index (χ1v) is 9.51. The van der Waals surface area contributed by atoms with Gasteiger partial charge in [-0.1, -0.05) is 66.8 Å². The summed E-state index contributed by atoms with van der Waals surface area (Å²) in [6, 6.07) is 3.07. The van der Waals surface area contributed by atoms with E-state index < -0.39 is 29.4 Å². The summed E-state index contributed by atoms with van der Waals surface area (Å²) in [5, 5.41) is 0. The molecule has 2 aliphatic rings. The van der Waals surface area contributed by atoms with Gasteiger partial charge in [0.15, 0.2) is 5.75 Å². The number of rotatable bonds is 0. The van der Waals surface area contributed by atoms with Crippen LogP contribution in [0.3, 0.4) is 0 Å². The normalized spacial score (nSPS) is 19.4. The first-order chi connectivity index (χ1) is 15.6. The maximum absolute atomic E-state index is 12.1. The molecular formula is C24H18N2O6. The lowest BCUT2D eigenvalue weighted by Crippen LogP contribution is -2.41. The molecule has 3 rings (SSSR count). The SMILES string of the molecule is O=C1NOc2cccnc2C=CC=CC=CC=CC=CC=CC=C2OC2C(=O)C(=O)C1=O. The molecule has 2 aliphatic heterocycles. The molecule has 0 aliphatic carbocycles. The van der Waals surface area contributed by atoms with Gasteiger partial charge >= 0.3 is 5.91 Å². The summed E-state index contributed by atoms with van der Waals surface area (Å²) in [4.78, 5) is 57.3. The highest BCUT2D eigenvalue weighted by molar-refractivity contribution is 6.78. The molecule has 160 valence electrons. The van der Waals surface area contributed by atoms with Crippen molar-refractivity contribution in [3.05, 3.63) is 103 Å².